The lowest BCUT2D eigenvalue weighted by molar-refractivity contribution is -0.169. The molecule has 2 aliphatic rings. The molecule has 1 aliphatic heterocycles. The Balaban J connectivity index is 2.27. The molecule has 1 fully saturated rings. The van der Waals surface area contributed by atoms with E-state index < -0.39 is 40.2 Å². The van der Waals surface area contributed by atoms with Crippen molar-refractivity contribution < 1.29 is 31.6 Å². The monoisotopic (exact) mass is 348 g/mol. The Morgan fingerprint density at radius 2 is 2.09 bits per heavy atom. The third kappa shape index (κ3) is 4.53. The van der Waals surface area contributed by atoms with Crippen molar-refractivity contribution in [3.05, 3.63) is 11.6 Å². The average molecular weight is 348 g/mol. The summed E-state index contributed by atoms with van der Waals surface area (Å²) in [5.41, 5.74) is 0.353. The minimum absolute atomic E-state index is 0.110. The zero-order chi connectivity index (χ0) is 17.3. The number of esters is 1. The summed E-state index contributed by atoms with van der Waals surface area (Å²) in [4.78, 5) is 12.0. The zero-order valence-electron chi connectivity index (χ0n) is 13.9. The standard InChI is InChI=1S/C15H24O7S/c1-5-7-15(3)20-11-8-10(14(16)19-6-2)9-12(13(11)21-15)22-23(4,17)18/h8,11-13H,5-7,9H2,1-4H3. The predicted molar refractivity (Wildman–Crippen MR) is 82.1 cm³/mol. The summed E-state index contributed by atoms with van der Waals surface area (Å²) in [6, 6.07) is 0. The predicted octanol–water partition coefficient (Wildman–Crippen LogP) is 1.52. The molecule has 1 aliphatic carbocycles. The fourth-order valence-electron chi connectivity index (χ4n) is 3.01. The van der Waals surface area contributed by atoms with Crippen LogP contribution in [0.3, 0.4) is 0 Å². The Labute approximate surface area is 137 Å². The molecule has 0 aromatic heterocycles. The highest BCUT2D eigenvalue weighted by Gasteiger charge is 2.50. The van der Waals surface area contributed by atoms with Gasteiger partial charge in [0.1, 0.15) is 18.3 Å². The van der Waals surface area contributed by atoms with Gasteiger partial charge in [-0.15, -0.1) is 0 Å². The van der Waals surface area contributed by atoms with Gasteiger partial charge in [-0.2, -0.15) is 8.42 Å². The average Bonchev–Trinajstić information content (AvgIpc) is 2.74. The van der Waals surface area contributed by atoms with Crippen LogP contribution >= 0.6 is 0 Å². The van der Waals surface area contributed by atoms with Crippen LogP contribution in [-0.4, -0.2) is 51.3 Å². The largest absolute Gasteiger partial charge is 0.463 e. The van der Waals surface area contributed by atoms with Gasteiger partial charge in [-0.05, 0) is 19.9 Å². The minimum atomic E-state index is -3.69. The fourth-order valence-corrected chi connectivity index (χ4v) is 3.64. The van der Waals surface area contributed by atoms with Crippen LogP contribution in [0.5, 0.6) is 0 Å². The van der Waals surface area contributed by atoms with Gasteiger partial charge in [0, 0.05) is 18.4 Å². The van der Waals surface area contributed by atoms with Gasteiger partial charge in [0.15, 0.2) is 5.79 Å². The molecular weight excluding hydrogens is 324 g/mol. The Hall–Kier alpha value is -0.960. The summed E-state index contributed by atoms with van der Waals surface area (Å²) in [5, 5.41) is 0. The van der Waals surface area contributed by atoms with Crippen LogP contribution in [0.2, 0.25) is 0 Å². The number of rotatable bonds is 6. The lowest BCUT2D eigenvalue weighted by Gasteiger charge is -2.29. The quantitative estimate of drug-likeness (QED) is 0.531. The Morgan fingerprint density at radius 1 is 1.39 bits per heavy atom. The highest BCUT2D eigenvalue weighted by atomic mass is 32.2. The molecule has 0 amide bonds. The summed E-state index contributed by atoms with van der Waals surface area (Å²) in [5.74, 6) is -1.30. The van der Waals surface area contributed by atoms with Gasteiger partial charge in [0.05, 0.1) is 12.9 Å². The molecule has 4 atom stereocenters. The fraction of sp³-hybridized carbons (Fsp3) is 0.800. The van der Waals surface area contributed by atoms with E-state index in [0.29, 0.717) is 12.0 Å². The Bertz CT molecular complexity index is 583. The van der Waals surface area contributed by atoms with Crippen molar-refractivity contribution in [2.75, 3.05) is 12.9 Å². The molecule has 0 N–H and O–H groups in total. The second-order valence-corrected chi connectivity index (χ2v) is 7.60. The van der Waals surface area contributed by atoms with Gasteiger partial charge in [0.25, 0.3) is 10.1 Å². The summed E-state index contributed by atoms with van der Waals surface area (Å²) in [6.07, 6.45) is 2.34. The van der Waals surface area contributed by atoms with E-state index >= 15 is 0 Å². The molecule has 0 radical (unpaired) electrons. The zero-order valence-corrected chi connectivity index (χ0v) is 14.7. The van der Waals surface area contributed by atoms with Gasteiger partial charge in [-0.25, -0.2) is 4.79 Å². The lowest BCUT2D eigenvalue weighted by Crippen LogP contribution is -2.42. The van der Waals surface area contributed by atoms with E-state index in [1.165, 1.54) is 0 Å². The second-order valence-electron chi connectivity index (χ2n) is 6.00. The molecular formula is C15H24O7S. The third-order valence-corrected chi connectivity index (χ3v) is 4.38. The normalized spacial score (nSPS) is 33.9. The first-order chi connectivity index (χ1) is 10.7. The van der Waals surface area contributed by atoms with Crippen molar-refractivity contribution in [2.24, 2.45) is 0 Å². The first-order valence-electron chi connectivity index (χ1n) is 7.79. The molecule has 0 spiro atoms. The lowest BCUT2D eigenvalue weighted by atomic mass is 9.92. The summed E-state index contributed by atoms with van der Waals surface area (Å²) >= 11 is 0. The van der Waals surface area contributed by atoms with Gasteiger partial charge in [-0.1, -0.05) is 13.3 Å². The van der Waals surface area contributed by atoms with E-state index in [4.69, 9.17) is 18.4 Å². The highest BCUT2D eigenvalue weighted by molar-refractivity contribution is 7.86. The molecule has 2 rings (SSSR count). The van der Waals surface area contributed by atoms with Crippen molar-refractivity contribution in [1.82, 2.24) is 0 Å². The van der Waals surface area contributed by atoms with Crippen LogP contribution < -0.4 is 0 Å². The number of carbonyl (C=O) groups excluding carboxylic acids is 1. The van der Waals surface area contributed by atoms with E-state index in [-0.39, 0.29) is 13.0 Å². The molecule has 0 bridgehead atoms. The van der Waals surface area contributed by atoms with Crippen molar-refractivity contribution in [3.8, 4) is 0 Å². The van der Waals surface area contributed by atoms with E-state index in [1.54, 1.807) is 13.0 Å². The van der Waals surface area contributed by atoms with Crippen LogP contribution in [0.25, 0.3) is 0 Å². The van der Waals surface area contributed by atoms with E-state index in [2.05, 4.69) is 0 Å². The maximum absolute atomic E-state index is 12.0. The van der Waals surface area contributed by atoms with Crippen LogP contribution in [-0.2, 0) is 33.3 Å². The SMILES string of the molecule is CCCC1(C)OC2C=C(C(=O)OCC)CC(OS(C)(=O)=O)C2O1. The first-order valence-corrected chi connectivity index (χ1v) is 9.61. The number of carbonyl (C=O) groups is 1. The number of ether oxygens (including phenoxy) is 3. The molecule has 1 heterocycles. The molecule has 132 valence electrons. The third-order valence-electron chi connectivity index (χ3n) is 3.79. The van der Waals surface area contributed by atoms with E-state index in [9.17, 15) is 13.2 Å². The topological polar surface area (TPSA) is 88.1 Å². The highest BCUT2D eigenvalue weighted by Crippen LogP contribution is 2.40. The Morgan fingerprint density at radius 3 is 2.65 bits per heavy atom. The molecule has 0 aromatic carbocycles. The van der Waals surface area contributed by atoms with Crippen molar-refractivity contribution in [1.29, 1.82) is 0 Å². The number of hydrogen-bond acceptors (Lipinski definition) is 7. The Kier molecular flexibility index (Phi) is 5.50. The second kappa shape index (κ2) is 6.88. The molecule has 1 saturated heterocycles. The first kappa shape index (κ1) is 18.4. The minimum Gasteiger partial charge on any atom is -0.463 e. The molecule has 7 nitrogen and oxygen atoms in total. The smallest absolute Gasteiger partial charge is 0.333 e. The molecule has 8 heteroatoms. The van der Waals surface area contributed by atoms with Gasteiger partial charge in [0.2, 0.25) is 0 Å². The maximum atomic E-state index is 12.0. The van der Waals surface area contributed by atoms with Crippen LogP contribution in [0.1, 0.15) is 40.0 Å². The van der Waals surface area contributed by atoms with E-state index in [0.717, 1.165) is 12.7 Å². The number of fused-ring (bicyclic) bond motifs is 1. The van der Waals surface area contributed by atoms with Crippen LogP contribution in [0.15, 0.2) is 11.6 Å². The van der Waals surface area contributed by atoms with Crippen molar-refractivity contribution >= 4 is 16.1 Å². The molecule has 4 unspecified atom stereocenters. The summed E-state index contributed by atoms with van der Waals surface area (Å²) in [7, 11) is -3.69. The van der Waals surface area contributed by atoms with Gasteiger partial charge >= 0.3 is 5.97 Å². The summed E-state index contributed by atoms with van der Waals surface area (Å²) < 4.78 is 45.0. The number of hydrogen-bond donors (Lipinski definition) is 0. The molecule has 23 heavy (non-hydrogen) atoms. The van der Waals surface area contributed by atoms with E-state index in [1.807, 2.05) is 13.8 Å². The van der Waals surface area contributed by atoms with Crippen molar-refractivity contribution in [3.63, 3.8) is 0 Å². The van der Waals surface area contributed by atoms with Crippen LogP contribution in [0.4, 0.5) is 0 Å². The van der Waals surface area contributed by atoms with Crippen LogP contribution in [0, 0.1) is 0 Å². The van der Waals surface area contributed by atoms with Crippen molar-refractivity contribution in [2.45, 2.75) is 64.1 Å². The van der Waals surface area contributed by atoms with Gasteiger partial charge in [-0.3, -0.25) is 4.18 Å². The summed E-state index contributed by atoms with van der Waals surface area (Å²) in [6.45, 7) is 5.77. The molecule has 0 aromatic rings. The van der Waals surface area contributed by atoms with Gasteiger partial charge < -0.3 is 14.2 Å². The molecule has 0 saturated carbocycles. The maximum Gasteiger partial charge on any atom is 0.333 e.